The zero-order valence-electron chi connectivity index (χ0n) is 13.0. The second kappa shape index (κ2) is 5.46. The number of hydrogen-bond donors (Lipinski definition) is 1. The monoisotopic (exact) mass is 296 g/mol. The van der Waals surface area contributed by atoms with Gasteiger partial charge in [0.25, 0.3) is 5.91 Å². The minimum atomic E-state index is -0.647. The number of carbonyl (C=O) groups is 1. The van der Waals surface area contributed by atoms with Crippen LogP contribution in [-0.2, 0) is 4.79 Å². The largest absolute Gasteiger partial charge is 0.483 e. The molecule has 0 saturated carbocycles. The van der Waals surface area contributed by atoms with Crippen molar-refractivity contribution in [2.75, 3.05) is 11.9 Å². The maximum atomic E-state index is 13.1. The van der Waals surface area contributed by atoms with Gasteiger partial charge in [-0.15, -0.1) is 0 Å². The molecule has 0 radical (unpaired) electrons. The Labute approximate surface area is 130 Å². The fraction of sp³-hybridized carbons (Fsp3) is 0.278. The van der Waals surface area contributed by atoms with Crippen LogP contribution in [0.15, 0.2) is 54.6 Å². The second-order valence-electron chi connectivity index (χ2n) is 5.90. The number of nitrogens with zero attached hydrogens (tertiary/aromatic N) is 1. The molecule has 1 unspecified atom stereocenters. The minimum Gasteiger partial charge on any atom is -0.483 e. The van der Waals surface area contributed by atoms with Gasteiger partial charge in [0, 0.05) is 5.69 Å². The zero-order chi connectivity index (χ0) is 15.7. The van der Waals surface area contributed by atoms with E-state index in [0.717, 1.165) is 11.4 Å². The van der Waals surface area contributed by atoms with Gasteiger partial charge in [-0.25, -0.2) is 0 Å². The van der Waals surface area contributed by atoms with Crippen LogP contribution in [0.5, 0.6) is 5.75 Å². The first-order valence-corrected chi connectivity index (χ1v) is 7.39. The lowest BCUT2D eigenvalue weighted by atomic mass is 9.97. The molecule has 0 saturated heterocycles. The Hall–Kier alpha value is -2.33. The number of rotatable bonds is 2. The summed E-state index contributed by atoms with van der Waals surface area (Å²) in [6.45, 7) is 3.86. The maximum absolute atomic E-state index is 13.1. The molecular formula is C18H20N2O2. The summed E-state index contributed by atoms with van der Waals surface area (Å²) in [4.78, 5) is 14.9. The number of para-hydroxylation sites is 3. The van der Waals surface area contributed by atoms with Gasteiger partial charge in [0.2, 0.25) is 0 Å². The summed E-state index contributed by atoms with van der Waals surface area (Å²) in [6, 6.07) is 16.9. The van der Waals surface area contributed by atoms with Gasteiger partial charge >= 0.3 is 0 Å². The van der Waals surface area contributed by atoms with Gasteiger partial charge in [0.1, 0.15) is 17.4 Å². The van der Waals surface area contributed by atoms with Crippen molar-refractivity contribution in [1.29, 1.82) is 0 Å². The number of anilines is 2. The predicted octanol–water partition coefficient (Wildman–Crippen LogP) is 3.11. The summed E-state index contributed by atoms with van der Waals surface area (Å²) in [5.41, 5.74) is 0.955. The van der Waals surface area contributed by atoms with Crippen LogP contribution in [0.25, 0.3) is 0 Å². The highest BCUT2D eigenvalue weighted by molar-refractivity contribution is 6.06. The van der Waals surface area contributed by atoms with E-state index in [1.54, 1.807) is 11.9 Å². The summed E-state index contributed by atoms with van der Waals surface area (Å²) in [5.74, 6) is 0.686. The molecule has 4 nitrogen and oxygen atoms in total. The molecule has 0 aliphatic carbocycles. The molecule has 0 bridgehead atoms. The van der Waals surface area contributed by atoms with E-state index in [9.17, 15) is 4.79 Å². The Morgan fingerprint density at radius 2 is 1.68 bits per heavy atom. The van der Waals surface area contributed by atoms with Gasteiger partial charge in [-0.05, 0) is 45.2 Å². The number of benzene rings is 2. The molecule has 1 amide bonds. The molecule has 1 heterocycles. The van der Waals surface area contributed by atoms with E-state index in [0.29, 0.717) is 5.75 Å². The first-order valence-electron chi connectivity index (χ1n) is 7.39. The molecule has 1 aliphatic rings. The minimum absolute atomic E-state index is 0.0244. The van der Waals surface area contributed by atoms with E-state index in [1.165, 1.54) is 0 Å². The van der Waals surface area contributed by atoms with Crippen molar-refractivity contribution in [3.05, 3.63) is 54.6 Å². The molecule has 1 N–H and O–H groups in total. The predicted molar refractivity (Wildman–Crippen MR) is 87.6 cm³/mol. The first kappa shape index (κ1) is 14.6. The van der Waals surface area contributed by atoms with Gasteiger partial charge < -0.3 is 10.1 Å². The van der Waals surface area contributed by atoms with E-state index >= 15 is 0 Å². The lowest BCUT2D eigenvalue weighted by molar-refractivity contribution is -0.123. The number of likely N-dealkylation sites (N-methyl/N-ethyl adjacent to an activating group) is 1. The van der Waals surface area contributed by atoms with Crippen molar-refractivity contribution in [3.63, 3.8) is 0 Å². The Morgan fingerprint density at radius 1 is 1.05 bits per heavy atom. The molecule has 2 aromatic carbocycles. The highest BCUT2D eigenvalue weighted by Gasteiger charge is 2.43. The van der Waals surface area contributed by atoms with Crippen LogP contribution in [0.1, 0.15) is 13.8 Å². The summed E-state index contributed by atoms with van der Waals surface area (Å²) in [5, 5.41) is 3.10. The summed E-state index contributed by atoms with van der Waals surface area (Å²) in [6.07, 6.45) is 0. The third kappa shape index (κ3) is 2.35. The first-order chi connectivity index (χ1) is 10.5. The number of carbonyl (C=O) groups excluding carboxylic acids is 1. The van der Waals surface area contributed by atoms with Crippen molar-refractivity contribution in [1.82, 2.24) is 5.32 Å². The van der Waals surface area contributed by atoms with Crippen molar-refractivity contribution in [2.24, 2.45) is 0 Å². The molecule has 4 heteroatoms. The molecule has 114 valence electrons. The van der Waals surface area contributed by atoms with Crippen LogP contribution in [0.2, 0.25) is 0 Å². The average molecular weight is 296 g/mol. The number of fused-ring (bicyclic) bond motifs is 1. The molecule has 0 aromatic heterocycles. The van der Waals surface area contributed by atoms with Crippen molar-refractivity contribution < 1.29 is 9.53 Å². The van der Waals surface area contributed by atoms with E-state index < -0.39 is 11.6 Å². The fourth-order valence-corrected chi connectivity index (χ4v) is 2.93. The Morgan fingerprint density at radius 3 is 2.36 bits per heavy atom. The van der Waals surface area contributed by atoms with E-state index in [2.05, 4.69) is 5.32 Å². The number of amides is 1. The third-order valence-corrected chi connectivity index (χ3v) is 3.94. The SMILES string of the molecule is CNC1C(=O)N(c2ccccc2)c2ccccc2OC1(C)C. The van der Waals surface area contributed by atoms with Crippen LogP contribution in [0.3, 0.4) is 0 Å². The van der Waals surface area contributed by atoms with Crippen molar-refractivity contribution in [3.8, 4) is 5.75 Å². The van der Waals surface area contributed by atoms with Crippen LogP contribution < -0.4 is 15.0 Å². The van der Waals surface area contributed by atoms with E-state index in [4.69, 9.17) is 4.74 Å². The lowest BCUT2D eigenvalue weighted by Gasteiger charge is -2.32. The van der Waals surface area contributed by atoms with Gasteiger partial charge in [-0.3, -0.25) is 9.69 Å². The van der Waals surface area contributed by atoms with Gasteiger partial charge in [-0.1, -0.05) is 30.3 Å². The maximum Gasteiger partial charge on any atom is 0.252 e. The molecular weight excluding hydrogens is 276 g/mol. The highest BCUT2D eigenvalue weighted by Crippen LogP contribution is 2.40. The van der Waals surface area contributed by atoms with Gasteiger partial charge in [0.15, 0.2) is 0 Å². The van der Waals surface area contributed by atoms with Gasteiger partial charge in [-0.2, -0.15) is 0 Å². The number of hydrogen-bond acceptors (Lipinski definition) is 3. The molecule has 0 fully saturated rings. The topological polar surface area (TPSA) is 41.6 Å². The summed E-state index contributed by atoms with van der Waals surface area (Å²) < 4.78 is 6.14. The number of ether oxygens (including phenoxy) is 1. The standard InChI is InChI=1S/C18H20N2O2/c1-18(2)16(19-3)17(21)20(13-9-5-4-6-10-13)14-11-7-8-12-15(14)22-18/h4-12,16,19H,1-3H3. The van der Waals surface area contributed by atoms with Crippen LogP contribution in [-0.4, -0.2) is 24.6 Å². The average Bonchev–Trinajstić information content (AvgIpc) is 2.58. The van der Waals surface area contributed by atoms with Gasteiger partial charge in [0.05, 0.1) is 5.69 Å². The summed E-state index contributed by atoms with van der Waals surface area (Å²) in [7, 11) is 1.78. The quantitative estimate of drug-likeness (QED) is 0.926. The van der Waals surface area contributed by atoms with E-state index in [1.807, 2.05) is 68.4 Å². The third-order valence-electron chi connectivity index (χ3n) is 3.94. The van der Waals surface area contributed by atoms with E-state index in [-0.39, 0.29) is 5.91 Å². The normalized spacial score (nSPS) is 20.0. The van der Waals surface area contributed by atoms with Crippen molar-refractivity contribution >= 4 is 17.3 Å². The van der Waals surface area contributed by atoms with Crippen LogP contribution in [0.4, 0.5) is 11.4 Å². The zero-order valence-corrected chi connectivity index (χ0v) is 13.0. The highest BCUT2D eigenvalue weighted by atomic mass is 16.5. The smallest absolute Gasteiger partial charge is 0.252 e. The Bertz CT molecular complexity index is 682. The Kier molecular flexibility index (Phi) is 3.62. The van der Waals surface area contributed by atoms with Crippen molar-refractivity contribution in [2.45, 2.75) is 25.5 Å². The molecule has 1 atom stereocenters. The molecule has 22 heavy (non-hydrogen) atoms. The Balaban J connectivity index is 2.20. The second-order valence-corrected chi connectivity index (χ2v) is 5.90. The molecule has 2 aromatic rings. The summed E-state index contributed by atoms with van der Waals surface area (Å²) >= 11 is 0. The lowest BCUT2D eigenvalue weighted by Crippen LogP contribution is -2.56. The molecule has 0 spiro atoms. The fourth-order valence-electron chi connectivity index (χ4n) is 2.93. The number of nitrogens with one attached hydrogen (secondary N) is 1. The van der Waals surface area contributed by atoms with Crippen LogP contribution in [0, 0.1) is 0 Å². The van der Waals surface area contributed by atoms with Crippen LogP contribution >= 0.6 is 0 Å². The molecule has 3 rings (SSSR count). The molecule has 1 aliphatic heterocycles.